The first kappa shape index (κ1) is 12.2. The number of hydrogen-bond donors (Lipinski definition) is 2. The molecule has 0 saturated heterocycles. The Morgan fingerprint density at radius 1 is 1.00 bits per heavy atom. The van der Waals surface area contributed by atoms with E-state index in [2.05, 4.69) is 31.2 Å². The van der Waals surface area contributed by atoms with E-state index in [9.17, 15) is 10.2 Å². The number of aliphatic hydroxyl groups excluding tert-OH is 2. The Morgan fingerprint density at radius 3 is 1.87 bits per heavy atom. The summed E-state index contributed by atoms with van der Waals surface area (Å²) in [7, 11) is 0. The fourth-order valence-corrected chi connectivity index (χ4v) is 1.55. The molecule has 0 saturated carbocycles. The summed E-state index contributed by atoms with van der Waals surface area (Å²) >= 11 is 0. The van der Waals surface area contributed by atoms with Crippen LogP contribution in [0.5, 0.6) is 0 Å². The summed E-state index contributed by atoms with van der Waals surface area (Å²) in [5, 5.41) is 18.4. The van der Waals surface area contributed by atoms with Gasteiger partial charge in [0.15, 0.2) is 0 Å². The molecule has 0 spiro atoms. The molecule has 2 N–H and O–H groups in total. The third kappa shape index (κ3) is 3.33. The molecule has 0 aliphatic rings. The van der Waals surface area contributed by atoms with E-state index < -0.39 is 5.41 Å². The Morgan fingerprint density at radius 2 is 1.47 bits per heavy atom. The SMILES string of the molecule is CCc1ccc(CC(C)(CO)CO)cc1. The van der Waals surface area contributed by atoms with E-state index in [0.29, 0.717) is 6.42 Å². The summed E-state index contributed by atoms with van der Waals surface area (Å²) in [6.45, 7) is 4.04. The van der Waals surface area contributed by atoms with Gasteiger partial charge < -0.3 is 10.2 Å². The first-order valence-electron chi connectivity index (χ1n) is 5.43. The normalized spacial score (nSPS) is 11.7. The third-order valence-corrected chi connectivity index (χ3v) is 2.83. The minimum Gasteiger partial charge on any atom is -0.396 e. The molecule has 0 amide bonds. The summed E-state index contributed by atoms with van der Waals surface area (Å²) in [6.07, 6.45) is 1.75. The minimum absolute atomic E-state index is 0.0129. The Balaban J connectivity index is 2.71. The van der Waals surface area contributed by atoms with E-state index in [-0.39, 0.29) is 13.2 Å². The molecule has 15 heavy (non-hydrogen) atoms. The highest BCUT2D eigenvalue weighted by atomic mass is 16.3. The van der Waals surface area contributed by atoms with Crippen LogP contribution in [-0.4, -0.2) is 23.4 Å². The van der Waals surface area contributed by atoms with Gasteiger partial charge in [-0.25, -0.2) is 0 Å². The number of aliphatic hydroxyl groups is 2. The van der Waals surface area contributed by atoms with Crippen LogP contribution in [0.1, 0.15) is 25.0 Å². The zero-order chi connectivity index (χ0) is 11.3. The van der Waals surface area contributed by atoms with Gasteiger partial charge in [0.05, 0.1) is 13.2 Å². The first-order valence-corrected chi connectivity index (χ1v) is 5.43. The number of benzene rings is 1. The first-order chi connectivity index (χ1) is 7.13. The molecule has 0 aromatic heterocycles. The lowest BCUT2D eigenvalue weighted by Crippen LogP contribution is -2.28. The van der Waals surface area contributed by atoms with Gasteiger partial charge in [-0.05, 0) is 24.0 Å². The van der Waals surface area contributed by atoms with Crippen LogP contribution in [0, 0.1) is 5.41 Å². The van der Waals surface area contributed by atoms with Crippen molar-refractivity contribution in [3.8, 4) is 0 Å². The molecule has 2 heteroatoms. The predicted octanol–water partition coefficient (Wildman–Crippen LogP) is 1.78. The molecule has 0 unspecified atom stereocenters. The monoisotopic (exact) mass is 208 g/mol. The zero-order valence-electron chi connectivity index (χ0n) is 9.53. The Kier molecular flexibility index (Phi) is 4.30. The van der Waals surface area contributed by atoms with Gasteiger partial charge in [-0.1, -0.05) is 38.1 Å². The predicted molar refractivity (Wildman–Crippen MR) is 61.8 cm³/mol. The van der Waals surface area contributed by atoms with E-state index in [0.717, 1.165) is 12.0 Å². The number of hydrogen-bond acceptors (Lipinski definition) is 2. The molecule has 2 nitrogen and oxygen atoms in total. The lowest BCUT2D eigenvalue weighted by Gasteiger charge is -2.24. The highest BCUT2D eigenvalue weighted by molar-refractivity contribution is 5.23. The van der Waals surface area contributed by atoms with Crippen LogP contribution < -0.4 is 0 Å². The van der Waals surface area contributed by atoms with Gasteiger partial charge in [-0.2, -0.15) is 0 Å². The van der Waals surface area contributed by atoms with Crippen LogP contribution in [-0.2, 0) is 12.8 Å². The second-order valence-electron chi connectivity index (χ2n) is 4.47. The maximum atomic E-state index is 9.19. The maximum Gasteiger partial charge on any atom is 0.0509 e. The molecular weight excluding hydrogens is 188 g/mol. The lowest BCUT2D eigenvalue weighted by atomic mass is 9.85. The largest absolute Gasteiger partial charge is 0.396 e. The zero-order valence-corrected chi connectivity index (χ0v) is 9.53. The van der Waals surface area contributed by atoms with Crippen molar-refractivity contribution in [3.63, 3.8) is 0 Å². The van der Waals surface area contributed by atoms with Crippen molar-refractivity contribution < 1.29 is 10.2 Å². The Bertz CT molecular complexity index is 286. The van der Waals surface area contributed by atoms with Crippen molar-refractivity contribution in [1.82, 2.24) is 0 Å². The molecule has 84 valence electrons. The van der Waals surface area contributed by atoms with Gasteiger partial charge in [-0.15, -0.1) is 0 Å². The highest BCUT2D eigenvalue weighted by Gasteiger charge is 2.22. The molecular formula is C13H20O2. The molecule has 0 radical (unpaired) electrons. The quantitative estimate of drug-likeness (QED) is 0.774. The van der Waals surface area contributed by atoms with Gasteiger partial charge in [-0.3, -0.25) is 0 Å². The van der Waals surface area contributed by atoms with E-state index in [1.807, 2.05) is 6.92 Å². The van der Waals surface area contributed by atoms with E-state index in [1.165, 1.54) is 5.56 Å². The molecule has 0 aliphatic heterocycles. The van der Waals surface area contributed by atoms with Crippen LogP contribution in [0.25, 0.3) is 0 Å². The van der Waals surface area contributed by atoms with Crippen LogP contribution in [0.15, 0.2) is 24.3 Å². The standard InChI is InChI=1S/C13H20O2/c1-3-11-4-6-12(7-5-11)8-13(2,9-14)10-15/h4-7,14-15H,3,8-10H2,1-2H3. The fourth-order valence-electron chi connectivity index (χ4n) is 1.55. The van der Waals surface area contributed by atoms with Crippen LogP contribution in [0.3, 0.4) is 0 Å². The van der Waals surface area contributed by atoms with Gasteiger partial charge in [0.2, 0.25) is 0 Å². The molecule has 0 aliphatic carbocycles. The molecule has 0 bridgehead atoms. The highest BCUT2D eigenvalue weighted by Crippen LogP contribution is 2.21. The molecule has 1 aromatic carbocycles. The summed E-state index contributed by atoms with van der Waals surface area (Å²) in [4.78, 5) is 0. The van der Waals surface area contributed by atoms with Gasteiger partial charge >= 0.3 is 0 Å². The average molecular weight is 208 g/mol. The number of rotatable bonds is 5. The molecule has 0 heterocycles. The molecule has 0 fully saturated rings. The fraction of sp³-hybridized carbons (Fsp3) is 0.538. The average Bonchev–Trinajstić information content (AvgIpc) is 2.30. The van der Waals surface area contributed by atoms with Crippen molar-refractivity contribution >= 4 is 0 Å². The van der Waals surface area contributed by atoms with Crippen molar-refractivity contribution in [2.75, 3.05) is 13.2 Å². The van der Waals surface area contributed by atoms with E-state index in [1.54, 1.807) is 0 Å². The van der Waals surface area contributed by atoms with Crippen LogP contribution >= 0.6 is 0 Å². The Hall–Kier alpha value is -0.860. The lowest BCUT2D eigenvalue weighted by molar-refractivity contribution is 0.0704. The summed E-state index contributed by atoms with van der Waals surface area (Å²) in [5.74, 6) is 0. The van der Waals surface area contributed by atoms with Gasteiger partial charge in [0.1, 0.15) is 0 Å². The van der Waals surface area contributed by atoms with E-state index >= 15 is 0 Å². The van der Waals surface area contributed by atoms with Crippen molar-refractivity contribution in [2.24, 2.45) is 5.41 Å². The van der Waals surface area contributed by atoms with Gasteiger partial charge in [0, 0.05) is 5.41 Å². The summed E-state index contributed by atoms with van der Waals surface area (Å²) < 4.78 is 0. The molecule has 1 rings (SSSR count). The van der Waals surface area contributed by atoms with Gasteiger partial charge in [0.25, 0.3) is 0 Å². The summed E-state index contributed by atoms with van der Waals surface area (Å²) in [5.41, 5.74) is 2.07. The van der Waals surface area contributed by atoms with Crippen molar-refractivity contribution in [2.45, 2.75) is 26.7 Å². The maximum absolute atomic E-state index is 9.19. The number of aryl methyl sites for hydroxylation is 1. The second kappa shape index (κ2) is 5.29. The second-order valence-corrected chi connectivity index (χ2v) is 4.47. The molecule has 0 atom stereocenters. The minimum atomic E-state index is -0.409. The smallest absolute Gasteiger partial charge is 0.0509 e. The summed E-state index contributed by atoms with van der Waals surface area (Å²) in [6, 6.07) is 8.35. The van der Waals surface area contributed by atoms with Crippen molar-refractivity contribution in [1.29, 1.82) is 0 Å². The van der Waals surface area contributed by atoms with Crippen LogP contribution in [0.2, 0.25) is 0 Å². The topological polar surface area (TPSA) is 40.5 Å². The van der Waals surface area contributed by atoms with E-state index in [4.69, 9.17) is 0 Å². The van der Waals surface area contributed by atoms with Crippen molar-refractivity contribution in [3.05, 3.63) is 35.4 Å². The third-order valence-electron chi connectivity index (χ3n) is 2.83. The Labute approximate surface area is 91.6 Å². The molecule has 1 aromatic rings. The van der Waals surface area contributed by atoms with Crippen LogP contribution in [0.4, 0.5) is 0 Å².